The molecule has 3 aliphatic heterocycles. The van der Waals surface area contributed by atoms with Gasteiger partial charge in [-0.15, -0.1) is 6.58 Å². The van der Waals surface area contributed by atoms with Crippen LogP contribution in [0, 0.1) is 29.6 Å². The van der Waals surface area contributed by atoms with Crippen LogP contribution in [0.15, 0.2) is 66.4 Å². The molecule has 13 atom stereocenters. The first-order chi connectivity index (χ1) is 31.5. The van der Waals surface area contributed by atoms with Crippen LogP contribution in [0.4, 0.5) is 5.69 Å². The SMILES string of the molecule is C=CCC1C=C(C)CC(C)CC(OC)C2OC(O)(C(=O)C(=O)N3CCCCC3C(=O)OC(C(C)=CC3CCC(N(C)c4ccc5[nH]ccc5c4)C(OC)C3)C(C)CCC1=O)C(C)CC2OC. The number of ether oxygens (including phenoxy) is 5. The summed E-state index contributed by atoms with van der Waals surface area (Å²) in [5.74, 6) is -6.31. The van der Waals surface area contributed by atoms with Crippen LogP contribution < -0.4 is 4.90 Å². The van der Waals surface area contributed by atoms with E-state index in [1.165, 1.54) is 4.90 Å². The quantitative estimate of drug-likeness (QED) is 0.142. The average molecular weight is 916 g/mol. The number of benzene rings is 1. The van der Waals surface area contributed by atoms with Gasteiger partial charge in [-0.05, 0) is 132 Å². The summed E-state index contributed by atoms with van der Waals surface area (Å²) < 4.78 is 30.8. The van der Waals surface area contributed by atoms with Gasteiger partial charge in [0.2, 0.25) is 5.79 Å². The van der Waals surface area contributed by atoms with Gasteiger partial charge < -0.3 is 43.6 Å². The van der Waals surface area contributed by atoms with E-state index in [9.17, 15) is 24.3 Å². The number of methoxy groups -OCH3 is 3. The number of amides is 1. The molecule has 2 bridgehead atoms. The number of hydrogen-bond acceptors (Lipinski definition) is 11. The minimum atomic E-state index is -2.48. The van der Waals surface area contributed by atoms with Crippen molar-refractivity contribution in [1.82, 2.24) is 9.88 Å². The highest BCUT2D eigenvalue weighted by Crippen LogP contribution is 2.40. The predicted octanol–water partition coefficient (Wildman–Crippen LogP) is 8.29. The number of hydrogen-bond donors (Lipinski definition) is 2. The second-order valence-electron chi connectivity index (χ2n) is 20.0. The Morgan fingerprint density at radius 1 is 0.970 bits per heavy atom. The van der Waals surface area contributed by atoms with Crippen LogP contribution in [0.5, 0.6) is 0 Å². The van der Waals surface area contributed by atoms with Crippen LogP contribution in [0.1, 0.15) is 112 Å². The number of aromatic nitrogens is 1. The van der Waals surface area contributed by atoms with Crippen molar-refractivity contribution in [3.63, 3.8) is 0 Å². The normalized spacial score (nSPS) is 35.1. The fraction of sp³-hybridized carbons (Fsp3) is 0.660. The summed E-state index contributed by atoms with van der Waals surface area (Å²) in [6, 6.07) is 7.62. The molecule has 3 fully saturated rings. The van der Waals surface area contributed by atoms with Crippen molar-refractivity contribution in [3.8, 4) is 0 Å². The minimum absolute atomic E-state index is 0.0530. The number of piperidine rings is 1. The Morgan fingerprint density at radius 3 is 2.41 bits per heavy atom. The van der Waals surface area contributed by atoms with Crippen molar-refractivity contribution in [3.05, 3.63) is 66.4 Å². The molecule has 6 rings (SSSR count). The Balaban J connectivity index is 1.30. The van der Waals surface area contributed by atoms with Crippen LogP contribution in [0.25, 0.3) is 10.9 Å². The molecule has 0 spiro atoms. The second-order valence-corrected chi connectivity index (χ2v) is 20.0. The Morgan fingerprint density at radius 2 is 1.70 bits per heavy atom. The predicted molar refractivity (Wildman–Crippen MR) is 256 cm³/mol. The molecule has 2 saturated heterocycles. The van der Waals surface area contributed by atoms with Crippen molar-refractivity contribution < 1.29 is 48.0 Å². The van der Waals surface area contributed by atoms with Gasteiger partial charge in [0.1, 0.15) is 24.0 Å². The number of fused-ring (bicyclic) bond motifs is 4. The fourth-order valence-electron chi connectivity index (χ4n) is 11.3. The number of ketones is 2. The largest absolute Gasteiger partial charge is 0.456 e. The highest BCUT2D eigenvalue weighted by Gasteiger charge is 2.56. The van der Waals surface area contributed by atoms with E-state index in [4.69, 9.17) is 23.7 Å². The molecular weight excluding hydrogens is 839 g/mol. The molecule has 1 amide bonds. The maximum Gasteiger partial charge on any atom is 0.329 e. The first-order valence-corrected chi connectivity index (χ1v) is 24.4. The monoisotopic (exact) mass is 916 g/mol. The third kappa shape index (κ3) is 11.6. The molecule has 13 unspecified atom stereocenters. The molecule has 0 radical (unpaired) electrons. The molecule has 1 saturated carbocycles. The molecule has 1 aliphatic carbocycles. The topological polar surface area (TPSA) is 157 Å². The van der Waals surface area contributed by atoms with Gasteiger partial charge in [-0.3, -0.25) is 14.4 Å². The molecule has 2 N–H and O–H groups in total. The molecule has 13 nitrogen and oxygen atoms in total. The first-order valence-electron chi connectivity index (χ1n) is 24.4. The van der Waals surface area contributed by atoms with E-state index < -0.39 is 59.8 Å². The van der Waals surface area contributed by atoms with Gasteiger partial charge in [0, 0.05) is 76.0 Å². The smallest absolute Gasteiger partial charge is 0.329 e. The van der Waals surface area contributed by atoms with Crippen LogP contribution >= 0.6 is 0 Å². The van der Waals surface area contributed by atoms with Gasteiger partial charge in [0.15, 0.2) is 0 Å². The van der Waals surface area contributed by atoms with E-state index in [0.29, 0.717) is 44.9 Å². The van der Waals surface area contributed by atoms with Gasteiger partial charge >= 0.3 is 5.97 Å². The lowest BCUT2D eigenvalue weighted by Crippen LogP contribution is -2.64. The molecule has 66 heavy (non-hydrogen) atoms. The Labute approximate surface area is 392 Å². The van der Waals surface area contributed by atoms with E-state index in [1.54, 1.807) is 34.3 Å². The molecule has 1 aromatic heterocycles. The standard InChI is InChI=1S/C53H77N3O10/c1-11-14-39-26-32(2)25-33(3)27-46(63-9)49-47(64-10)29-36(6)53(61,66-49)50(58)51(59)56-24-13-12-15-43(56)52(60)65-48(34(4)16-21-44(39)57)35(5)28-37-17-20-42(45(30-37)62-8)55(7)40-18-19-41-38(31-40)22-23-54-41/h11,18-19,22-23,26,28,31,33-34,36-37,39,42-43,45-49,54,61H,1,12-17,20-21,24-25,27,29-30H2,2-10H3. The van der Waals surface area contributed by atoms with Crippen molar-refractivity contribution in [2.24, 2.45) is 29.6 Å². The molecule has 4 heterocycles. The van der Waals surface area contributed by atoms with E-state index in [-0.39, 0.29) is 61.0 Å². The minimum Gasteiger partial charge on any atom is -0.456 e. The Bertz CT molecular complexity index is 2080. The summed E-state index contributed by atoms with van der Waals surface area (Å²) >= 11 is 0. The third-order valence-electron chi connectivity index (χ3n) is 15.2. The number of anilines is 1. The van der Waals surface area contributed by atoms with Gasteiger partial charge in [0.05, 0.1) is 24.4 Å². The Kier molecular flexibility index (Phi) is 17.7. The number of aliphatic hydroxyl groups is 1. The fourth-order valence-corrected chi connectivity index (χ4v) is 11.3. The second kappa shape index (κ2) is 22.8. The first kappa shape index (κ1) is 51.3. The summed E-state index contributed by atoms with van der Waals surface area (Å²) in [6.45, 7) is 13.9. The lowest BCUT2D eigenvalue weighted by atomic mass is 9.80. The number of nitrogens with zero attached hydrogens (tertiary/aromatic N) is 2. The molecule has 13 heteroatoms. The van der Waals surface area contributed by atoms with Crippen LogP contribution in [0.2, 0.25) is 0 Å². The van der Waals surface area contributed by atoms with Gasteiger partial charge in [-0.2, -0.15) is 0 Å². The number of aromatic amines is 1. The highest BCUT2D eigenvalue weighted by molar-refractivity contribution is 6.39. The number of H-pyrrole nitrogens is 1. The molecule has 1 aromatic carbocycles. The molecule has 4 aliphatic rings. The number of cyclic esters (lactones) is 1. The molecular formula is C53H77N3O10. The van der Waals surface area contributed by atoms with Gasteiger partial charge in [-0.1, -0.05) is 44.6 Å². The number of esters is 1. The van der Waals surface area contributed by atoms with Crippen LogP contribution in [0.3, 0.4) is 0 Å². The third-order valence-corrected chi connectivity index (χ3v) is 15.2. The van der Waals surface area contributed by atoms with Gasteiger partial charge in [-0.25, -0.2) is 4.79 Å². The summed E-state index contributed by atoms with van der Waals surface area (Å²) in [5.41, 5.74) is 4.14. The number of likely N-dealkylation sites (N-methyl/N-ethyl adjacent to an activating group) is 1. The summed E-state index contributed by atoms with van der Waals surface area (Å²) in [7, 11) is 7.00. The maximum absolute atomic E-state index is 14.6. The van der Waals surface area contributed by atoms with E-state index in [0.717, 1.165) is 47.0 Å². The van der Waals surface area contributed by atoms with E-state index >= 15 is 0 Å². The lowest BCUT2D eigenvalue weighted by Gasteiger charge is -2.47. The lowest BCUT2D eigenvalue weighted by molar-refractivity contribution is -0.302. The number of rotatable bonds is 9. The van der Waals surface area contributed by atoms with Crippen LogP contribution in [-0.2, 0) is 42.9 Å². The van der Waals surface area contributed by atoms with E-state index in [1.807, 2.05) is 33.0 Å². The van der Waals surface area contributed by atoms with Crippen molar-refractivity contribution in [2.75, 3.05) is 39.8 Å². The zero-order valence-corrected chi connectivity index (χ0v) is 41.0. The highest BCUT2D eigenvalue weighted by atomic mass is 16.7. The summed E-state index contributed by atoms with van der Waals surface area (Å²) in [5, 5.41) is 13.3. The van der Waals surface area contributed by atoms with Crippen LogP contribution in [-0.4, -0.2) is 122 Å². The zero-order chi connectivity index (χ0) is 47.9. The van der Waals surface area contributed by atoms with Gasteiger partial charge in [0.25, 0.3) is 11.7 Å². The summed E-state index contributed by atoms with van der Waals surface area (Å²) in [4.78, 5) is 64.3. The van der Waals surface area contributed by atoms with Crippen molar-refractivity contribution in [1.29, 1.82) is 0 Å². The summed E-state index contributed by atoms with van der Waals surface area (Å²) in [6.07, 6.45) is 12.0. The zero-order valence-electron chi connectivity index (χ0n) is 41.0. The molecule has 364 valence electrons. The van der Waals surface area contributed by atoms with Crippen molar-refractivity contribution >= 4 is 40.0 Å². The number of allylic oxidation sites excluding steroid dienone is 4. The number of nitrogens with one attached hydrogen (secondary N) is 1. The number of carbonyl (C=O) groups excluding carboxylic acids is 4. The van der Waals surface area contributed by atoms with E-state index in [2.05, 4.69) is 60.8 Å². The molecule has 2 aromatic rings. The van der Waals surface area contributed by atoms with Crippen molar-refractivity contribution in [2.45, 2.75) is 160 Å². The number of carbonyl (C=O) groups is 4. The average Bonchev–Trinajstić information content (AvgIpc) is 3.79. The maximum atomic E-state index is 14.6. The number of Topliss-reactive ketones (excluding diaryl/α,β-unsaturated/α-hetero) is 2. The Hall–Kier alpha value is -4.14.